The lowest BCUT2D eigenvalue weighted by Gasteiger charge is -2.15. The molecule has 0 rings (SSSR count). The summed E-state index contributed by atoms with van der Waals surface area (Å²) in [6.45, 7) is 3.05. The molecule has 0 spiro atoms. The molecule has 2 N–H and O–H groups in total. The van der Waals surface area contributed by atoms with Crippen molar-refractivity contribution in [3.63, 3.8) is 0 Å². The quantitative estimate of drug-likeness (QED) is 0.637. The monoisotopic (exact) mass is 233 g/mol. The van der Waals surface area contributed by atoms with Gasteiger partial charge in [0.25, 0.3) is 0 Å². The Bertz CT molecular complexity index is 159. The van der Waals surface area contributed by atoms with Gasteiger partial charge in [0.2, 0.25) is 5.91 Å². The molecule has 1 atom stereocenters. The zero-order chi connectivity index (χ0) is 11.5. The molecule has 0 aromatic rings. The molecule has 0 saturated carbocycles. The molecule has 1 unspecified atom stereocenters. The molecule has 1 amide bonds. The average molecular weight is 233 g/mol. The summed E-state index contributed by atoms with van der Waals surface area (Å²) >= 11 is 1.68. The predicted octanol–water partition coefficient (Wildman–Crippen LogP) is 1.65. The molecule has 0 fully saturated rings. The van der Waals surface area contributed by atoms with E-state index in [1.54, 1.807) is 11.8 Å². The van der Waals surface area contributed by atoms with Crippen molar-refractivity contribution in [2.75, 3.05) is 25.2 Å². The number of nitrogens with one attached hydrogen (secondary N) is 1. The van der Waals surface area contributed by atoms with Gasteiger partial charge in [-0.05, 0) is 25.0 Å². The maximum Gasteiger partial charge on any atom is 0.220 e. The van der Waals surface area contributed by atoms with Crippen LogP contribution in [0.5, 0.6) is 0 Å². The van der Waals surface area contributed by atoms with Gasteiger partial charge in [-0.1, -0.05) is 13.3 Å². The number of aliphatic hydroxyl groups excluding tert-OH is 1. The molecule has 0 aliphatic carbocycles. The standard InChI is InChI=1S/C11H23NO2S/c1-3-4-10(5-7-13)9-12-11(14)6-8-15-2/h10,13H,3-9H2,1-2H3,(H,12,14). The molecule has 15 heavy (non-hydrogen) atoms. The van der Waals surface area contributed by atoms with Crippen molar-refractivity contribution in [1.29, 1.82) is 0 Å². The SMILES string of the molecule is CCCC(CCO)CNC(=O)CCSC. The number of hydrogen-bond acceptors (Lipinski definition) is 3. The Hall–Kier alpha value is -0.220. The summed E-state index contributed by atoms with van der Waals surface area (Å²) in [6.07, 6.45) is 5.56. The summed E-state index contributed by atoms with van der Waals surface area (Å²) in [5.74, 6) is 1.44. The van der Waals surface area contributed by atoms with Crippen LogP contribution in [0.2, 0.25) is 0 Å². The third kappa shape index (κ3) is 8.75. The minimum Gasteiger partial charge on any atom is -0.396 e. The van der Waals surface area contributed by atoms with Crippen LogP contribution < -0.4 is 5.32 Å². The zero-order valence-corrected chi connectivity index (χ0v) is 10.6. The highest BCUT2D eigenvalue weighted by Crippen LogP contribution is 2.09. The van der Waals surface area contributed by atoms with Crippen molar-refractivity contribution >= 4 is 17.7 Å². The Labute approximate surface area is 97.0 Å². The third-order valence-corrected chi connectivity index (χ3v) is 2.97. The predicted molar refractivity (Wildman–Crippen MR) is 66.1 cm³/mol. The zero-order valence-electron chi connectivity index (χ0n) is 9.79. The summed E-state index contributed by atoms with van der Waals surface area (Å²) in [7, 11) is 0. The van der Waals surface area contributed by atoms with Crippen LogP contribution in [0.4, 0.5) is 0 Å². The van der Waals surface area contributed by atoms with Crippen molar-refractivity contribution in [2.24, 2.45) is 5.92 Å². The Morgan fingerprint density at radius 1 is 1.47 bits per heavy atom. The lowest BCUT2D eigenvalue weighted by atomic mass is 10.0. The van der Waals surface area contributed by atoms with Crippen LogP contribution in [0.15, 0.2) is 0 Å². The lowest BCUT2D eigenvalue weighted by Crippen LogP contribution is -2.29. The van der Waals surface area contributed by atoms with E-state index in [1.165, 1.54) is 0 Å². The van der Waals surface area contributed by atoms with Crippen molar-refractivity contribution in [3.05, 3.63) is 0 Å². The summed E-state index contributed by atoms with van der Waals surface area (Å²) in [5.41, 5.74) is 0. The van der Waals surface area contributed by atoms with E-state index < -0.39 is 0 Å². The van der Waals surface area contributed by atoms with Gasteiger partial charge in [-0.15, -0.1) is 0 Å². The molecule has 3 nitrogen and oxygen atoms in total. The van der Waals surface area contributed by atoms with E-state index in [0.717, 1.165) is 25.0 Å². The maximum absolute atomic E-state index is 11.3. The first-order chi connectivity index (χ1) is 7.24. The highest BCUT2D eigenvalue weighted by Gasteiger charge is 2.08. The second-order valence-corrected chi connectivity index (χ2v) is 4.70. The third-order valence-electron chi connectivity index (χ3n) is 2.36. The van der Waals surface area contributed by atoms with Gasteiger partial charge < -0.3 is 10.4 Å². The van der Waals surface area contributed by atoms with E-state index in [4.69, 9.17) is 5.11 Å². The summed E-state index contributed by atoms with van der Waals surface area (Å²) < 4.78 is 0. The van der Waals surface area contributed by atoms with Crippen LogP contribution in [0, 0.1) is 5.92 Å². The van der Waals surface area contributed by atoms with E-state index in [1.807, 2.05) is 6.26 Å². The highest BCUT2D eigenvalue weighted by molar-refractivity contribution is 7.98. The van der Waals surface area contributed by atoms with Crippen LogP contribution in [0.3, 0.4) is 0 Å². The highest BCUT2D eigenvalue weighted by atomic mass is 32.2. The second-order valence-electron chi connectivity index (χ2n) is 3.71. The molecule has 0 aliphatic heterocycles. The van der Waals surface area contributed by atoms with E-state index >= 15 is 0 Å². The normalized spacial score (nSPS) is 12.5. The van der Waals surface area contributed by atoms with E-state index in [2.05, 4.69) is 12.2 Å². The maximum atomic E-state index is 11.3. The minimum atomic E-state index is 0.128. The molecule has 0 radical (unpaired) electrons. The number of thioether (sulfide) groups is 1. The van der Waals surface area contributed by atoms with Gasteiger partial charge in [-0.3, -0.25) is 4.79 Å². The van der Waals surface area contributed by atoms with Gasteiger partial charge >= 0.3 is 0 Å². The smallest absolute Gasteiger partial charge is 0.220 e. The molecule has 4 heteroatoms. The van der Waals surface area contributed by atoms with Crippen molar-refractivity contribution in [3.8, 4) is 0 Å². The first-order valence-corrected chi connectivity index (χ1v) is 7.00. The first kappa shape index (κ1) is 14.8. The molecule has 0 heterocycles. The number of carbonyl (C=O) groups excluding carboxylic acids is 1. The molecule has 0 aliphatic rings. The topological polar surface area (TPSA) is 49.3 Å². The van der Waals surface area contributed by atoms with Gasteiger partial charge in [0.1, 0.15) is 0 Å². The fourth-order valence-electron chi connectivity index (χ4n) is 1.48. The molecule has 0 saturated heterocycles. The van der Waals surface area contributed by atoms with Crippen molar-refractivity contribution < 1.29 is 9.90 Å². The van der Waals surface area contributed by atoms with Crippen LogP contribution in [-0.2, 0) is 4.79 Å². The van der Waals surface area contributed by atoms with Crippen molar-refractivity contribution in [2.45, 2.75) is 32.6 Å². The van der Waals surface area contributed by atoms with Gasteiger partial charge in [0.15, 0.2) is 0 Å². The van der Waals surface area contributed by atoms with Crippen LogP contribution in [0.25, 0.3) is 0 Å². The largest absolute Gasteiger partial charge is 0.396 e. The molecule has 0 aromatic carbocycles. The summed E-state index contributed by atoms with van der Waals surface area (Å²) in [6, 6.07) is 0. The lowest BCUT2D eigenvalue weighted by molar-refractivity contribution is -0.120. The number of rotatable bonds is 9. The van der Waals surface area contributed by atoms with Crippen LogP contribution >= 0.6 is 11.8 Å². The van der Waals surface area contributed by atoms with Crippen molar-refractivity contribution in [1.82, 2.24) is 5.32 Å². The number of carbonyl (C=O) groups is 1. The van der Waals surface area contributed by atoms with Gasteiger partial charge in [0.05, 0.1) is 0 Å². The fraction of sp³-hybridized carbons (Fsp3) is 0.909. The second kappa shape index (κ2) is 10.3. The van der Waals surface area contributed by atoms with E-state index in [-0.39, 0.29) is 12.5 Å². The Kier molecular flexibility index (Phi) is 10.2. The Balaban J connectivity index is 3.62. The van der Waals surface area contributed by atoms with Gasteiger partial charge in [0, 0.05) is 25.3 Å². The summed E-state index contributed by atoms with van der Waals surface area (Å²) in [5, 5.41) is 11.8. The minimum absolute atomic E-state index is 0.128. The van der Waals surface area contributed by atoms with E-state index in [9.17, 15) is 4.79 Å². The molecular weight excluding hydrogens is 210 g/mol. The molecular formula is C11H23NO2S. The Morgan fingerprint density at radius 2 is 2.20 bits per heavy atom. The molecule has 90 valence electrons. The Morgan fingerprint density at radius 3 is 2.73 bits per heavy atom. The first-order valence-electron chi connectivity index (χ1n) is 5.61. The summed E-state index contributed by atoms with van der Waals surface area (Å²) in [4.78, 5) is 11.3. The van der Waals surface area contributed by atoms with Gasteiger partial charge in [-0.2, -0.15) is 11.8 Å². The average Bonchev–Trinajstić information content (AvgIpc) is 2.23. The van der Waals surface area contributed by atoms with Crippen LogP contribution in [0.1, 0.15) is 32.6 Å². The number of aliphatic hydroxyl groups is 1. The van der Waals surface area contributed by atoms with Crippen LogP contribution in [-0.4, -0.2) is 36.2 Å². The van der Waals surface area contributed by atoms with E-state index in [0.29, 0.717) is 18.9 Å². The van der Waals surface area contributed by atoms with Gasteiger partial charge in [-0.25, -0.2) is 0 Å². The number of hydrogen-bond donors (Lipinski definition) is 2. The molecule has 0 aromatic heterocycles. The fourth-order valence-corrected chi connectivity index (χ4v) is 1.87. The molecule has 0 bridgehead atoms. The number of amides is 1.